The molecule has 294 valence electrons. The van der Waals surface area contributed by atoms with Crippen molar-refractivity contribution in [3.8, 4) is 23.5 Å². The van der Waals surface area contributed by atoms with Gasteiger partial charge in [-0.05, 0) is 55.7 Å². The fraction of sp³-hybridized carbons (Fsp3) is 0.389. The zero-order valence-electron chi connectivity index (χ0n) is 31.0. The predicted octanol–water partition coefficient (Wildman–Crippen LogP) is 5.49. The number of carbonyl (C=O) groups excluding carboxylic acids is 3. The molecular weight excluding hydrogens is 723 g/mol. The van der Waals surface area contributed by atoms with Crippen molar-refractivity contribution >= 4 is 29.7 Å². The molecule has 55 heavy (non-hydrogen) atoms. The number of methoxy groups -OCH3 is 1. The number of rotatable bonds is 19. The number of halogens is 1. The first-order valence-electron chi connectivity index (χ1n) is 17.3. The van der Waals surface area contributed by atoms with Crippen molar-refractivity contribution in [2.24, 2.45) is 0 Å². The van der Waals surface area contributed by atoms with Crippen molar-refractivity contribution in [2.45, 2.75) is 59.1 Å². The van der Waals surface area contributed by atoms with Crippen LogP contribution in [0.1, 0.15) is 70.0 Å². The molecule has 0 saturated carbocycles. The molecule has 0 unspecified atom stereocenters. The van der Waals surface area contributed by atoms with E-state index in [0.29, 0.717) is 30.5 Å². The summed E-state index contributed by atoms with van der Waals surface area (Å²) < 4.78 is 54.8. The fourth-order valence-electron chi connectivity index (χ4n) is 4.76. The molecule has 2 aromatic carbocycles. The van der Waals surface area contributed by atoms with Crippen LogP contribution >= 0.6 is 0 Å². The van der Waals surface area contributed by atoms with Crippen LogP contribution in [0.3, 0.4) is 0 Å². The molecule has 0 aliphatic rings. The summed E-state index contributed by atoms with van der Waals surface area (Å²) in [5, 5.41) is 18.4. The average molecular weight is 767 g/mol. The molecule has 2 heterocycles. The normalized spacial score (nSPS) is 11.3. The van der Waals surface area contributed by atoms with E-state index in [1.165, 1.54) is 38.6 Å². The number of nitrogens with one attached hydrogen (secondary N) is 3. The highest BCUT2D eigenvalue weighted by atomic mass is 19.1. The highest BCUT2D eigenvalue weighted by Gasteiger charge is 2.29. The second-order valence-electron chi connectivity index (χ2n) is 11.4. The zero-order chi connectivity index (χ0) is 39.7. The Morgan fingerprint density at radius 3 is 2.33 bits per heavy atom. The van der Waals surface area contributed by atoms with Gasteiger partial charge in [0.1, 0.15) is 36.9 Å². The van der Waals surface area contributed by atoms with Crippen molar-refractivity contribution in [3.05, 3.63) is 77.6 Å². The molecule has 0 saturated heterocycles. The van der Waals surface area contributed by atoms with E-state index in [1.807, 2.05) is 20.8 Å². The summed E-state index contributed by atoms with van der Waals surface area (Å²) in [6.07, 6.45) is 2.70. The Morgan fingerprint density at radius 1 is 0.945 bits per heavy atom. The van der Waals surface area contributed by atoms with E-state index < -0.39 is 36.9 Å². The van der Waals surface area contributed by atoms with Crippen LogP contribution in [-0.2, 0) is 23.7 Å². The van der Waals surface area contributed by atoms with E-state index in [1.54, 1.807) is 30.3 Å². The number of carbonyl (C=O) groups is 3. The highest BCUT2D eigenvalue weighted by Crippen LogP contribution is 2.36. The number of hydrogen-bond acceptors (Lipinski definition) is 16. The van der Waals surface area contributed by atoms with Crippen LogP contribution in [0.25, 0.3) is 5.95 Å². The first-order chi connectivity index (χ1) is 26.6. The number of esters is 1. The lowest BCUT2D eigenvalue weighted by Crippen LogP contribution is -2.31. The van der Waals surface area contributed by atoms with Crippen molar-refractivity contribution < 1.29 is 51.9 Å². The van der Waals surface area contributed by atoms with E-state index >= 15 is 4.39 Å². The summed E-state index contributed by atoms with van der Waals surface area (Å²) in [5.74, 6) is -1.58. The number of aromatic nitrogens is 5. The Bertz CT molecular complexity index is 1890. The third kappa shape index (κ3) is 12.0. The molecule has 4 rings (SSSR count). The number of amidine groups is 1. The number of nitrogens with zero attached hydrogens (tertiary/aromatic N) is 5. The second-order valence-corrected chi connectivity index (χ2v) is 11.4. The summed E-state index contributed by atoms with van der Waals surface area (Å²) >= 11 is 0. The number of anilines is 1. The Balaban J connectivity index is 1.73. The molecular formula is C36H43FN8O10. The maximum absolute atomic E-state index is 16.5. The van der Waals surface area contributed by atoms with E-state index in [-0.39, 0.29) is 66.6 Å². The molecule has 0 aliphatic carbocycles. The summed E-state index contributed by atoms with van der Waals surface area (Å²) in [7, 11) is 1.39. The number of hydrogen-bond donors (Lipinski definition) is 3. The number of alkyl carbamates (subject to hydrolysis) is 1. The average Bonchev–Trinajstić information content (AvgIpc) is 3.61. The van der Waals surface area contributed by atoms with Crippen LogP contribution in [0.4, 0.5) is 19.7 Å². The fourth-order valence-corrected chi connectivity index (χ4v) is 4.76. The van der Waals surface area contributed by atoms with Gasteiger partial charge in [-0.1, -0.05) is 20.8 Å². The van der Waals surface area contributed by atoms with Crippen LogP contribution in [0.2, 0.25) is 0 Å². The first-order valence-corrected chi connectivity index (χ1v) is 17.3. The molecule has 0 aliphatic heterocycles. The van der Waals surface area contributed by atoms with Gasteiger partial charge in [0, 0.05) is 42.2 Å². The third-order valence-electron chi connectivity index (χ3n) is 7.51. The van der Waals surface area contributed by atoms with Gasteiger partial charge in [-0.3, -0.25) is 15.5 Å². The number of ether oxygens (including phenoxy) is 7. The summed E-state index contributed by atoms with van der Waals surface area (Å²) in [6.45, 7) is 6.12. The van der Waals surface area contributed by atoms with Gasteiger partial charge in [-0.25, -0.2) is 23.9 Å². The molecule has 18 nitrogen and oxygen atoms in total. The van der Waals surface area contributed by atoms with Gasteiger partial charge in [0.2, 0.25) is 6.79 Å². The standard InChI is InChI=1S/C36H43FN8O10/c1-6-16-52-35(47)42-31(38)23-10-12-24(13-11-23)41-30(27-19-26(49-5)20-28(29(27)37)51-18-17-50-22(4)46)32-43-34(45(44-32)33-39-14-9-15-40-33)53-21-54-36(48)55-25(7-2)8-3/h9-15,19-20,25,30,41H,6-8,16-18,21H2,1-5H3,(H2,38,42,47)/t30-/m1/s1. The van der Waals surface area contributed by atoms with Crippen molar-refractivity contribution in [2.75, 3.05) is 39.0 Å². The van der Waals surface area contributed by atoms with Crippen LogP contribution in [0, 0.1) is 11.2 Å². The lowest BCUT2D eigenvalue weighted by atomic mass is 10.0. The second kappa shape index (κ2) is 20.6. The van der Waals surface area contributed by atoms with Gasteiger partial charge in [-0.2, -0.15) is 4.98 Å². The molecule has 19 heteroatoms. The smallest absolute Gasteiger partial charge is 0.497 e. The molecule has 1 atom stereocenters. The molecule has 4 aromatic rings. The number of benzene rings is 2. The predicted molar refractivity (Wildman–Crippen MR) is 193 cm³/mol. The molecule has 0 fully saturated rings. The van der Waals surface area contributed by atoms with Gasteiger partial charge in [0.05, 0.1) is 13.7 Å². The summed E-state index contributed by atoms with van der Waals surface area (Å²) in [6, 6.07) is 9.23. The molecule has 0 spiro atoms. The third-order valence-corrected chi connectivity index (χ3v) is 7.51. The summed E-state index contributed by atoms with van der Waals surface area (Å²) in [4.78, 5) is 48.5. The lowest BCUT2D eigenvalue weighted by Gasteiger charge is -2.21. The van der Waals surface area contributed by atoms with Crippen molar-refractivity contribution in [1.29, 1.82) is 5.41 Å². The Kier molecular flexibility index (Phi) is 15.5. The Labute approximate surface area is 316 Å². The van der Waals surface area contributed by atoms with E-state index in [2.05, 4.69) is 30.7 Å². The Morgan fingerprint density at radius 2 is 1.67 bits per heavy atom. The minimum atomic E-state index is -1.20. The highest BCUT2D eigenvalue weighted by molar-refractivity contribution is 6.04. The van der Waals surface area contributed by atoms with Crippen LogP contribution < -0.4 is 24.8 Å². The quantitative estimate of drug-likeness (QED) is 0.0268. The van der Waals surface area contributed by atoms with Crippen LogP contribution in [-0.4, -0.2) is 88.6 Å². The van der Waals surface area contributed by atoms with Gasteiger partial charge >= 0.3 is 24.2 Å². The van der Waals surface area contributed by atoms with Crippen LogP contribution in [0.15, 0.2) is 54.9 Å². The first kappa shape index (κ1) is 41.2. The minimum Gasteiger partial charge on any atom is -0.497 e. The molecule has 2 aromatic heterocycles. The van der Waals surface area contributed by atoms with E-state index in [4.69, 9.17) is 38.6 Å². The van der Waals surface area contributed by atoms with Gasteiger partial charge in [0.15, 0.2) is 17.4 Å². The Hall–Kier alpha value is -6.53. The lowest BCUT2D eigenvalue weighted by molar-refractivity contribution is -0.141. The SMILES string of the molecule is CCCOC(=O)NC(=N)c1ccc(N[C@@H](c2nc(OCOC(=O)OC(CC)CC)n(-c3ncccn3)n2)c2cc(OC)cc(OCCOC(C)=O)c2F)cc1. The van der Waals surface area contributed by atoms with Crippen molar-refractivity contribution in [3.63, 3.8) is 0 Å². The largest absolute Gasteiger partial charge is 0.511 e. The van der Waals surface area contributed by atoms with Crippen molar-refractivity contribution in [1.82, 2.24) is 30.0 Å². The summed E-state index contributed by atoms with van der Waals surface area (Å²) in [5.41, 5.74) is 0.729. The maximum Gasteiger partial charge on any atom is 0.511 e. The molecule has 1 amide bonds. The molecule has 3 N–H and O–H groups in total. The van der Waals surface area contributed by atoms with E-state index in [0.717, 1.165) is 4.68 Å². The maximum atomic E-state index is 16.5. The number of amides is 1. The molecule has 0 bridgehead atoms. The van der Waals surface area contributed by atoms with E-state index in [9.17, 15) is 14.4 Å². The van der Waals surface area contributed by atoms with Gasteiger partial charge < -0.3 is 38.5 Å². The zero-order valence-corrected chi connectivity index (χ0v) is 31.0. The van der Waals surface area contributed by atoms with Crippen LogP contribution in [0.5, 0.6) is 17.5 Å². The minimum absolute atomic E-state index is 0.0306. The topological polar surface area (TPSA) is 220 Å². The molecule has 0 radical (unpaired) electrons. The monoisotopic (exact) mass is 766 g/mol. The van der Waals surface area contributed by atoms with Gasteiger partial charge in [0.25, 0.3) is 5.95 Å². The van der Waals surface area contributed by atoms with Gasteiger partial charge in [-0.15, -0.1) is 9.78 Å².